The first-order valence-corrected chi connectivity index (χ1v) is 11.0. The Balaban J connectivity index is 1.34. The normalized spacial score (nSPS) is 12.3. The number of imidazole rings is 1. The van der Waals surface area contributed by atoms with E-state index in [0.717, 1.165) is 12.1 Å². The lowest BCUT2D eigenvalue weighted by molar-refractivity contribution is -0.142. The average Bonchev–Trinajstić information content (AvgIpc) is 3.50. The van der Waals surface area contributed by atoms with E-state index in [9.17, 15) is 35.1 Å². The zero-order chi connectivity index (χ0) is 27.9. The highest BCUT2D eigenvalue weighted by Gasteiger charge is 2.39. The second kappa shape index (κ2) is 9.63. The highest BCUT2D eigenvalue weighted by molar-refractivity contribution is 5.65. The van der Waals surface area contributed by atoms with Crippen molar-refractivity contribution in [1.82, 2.24) is 24.9 Å². The standard InChI is InChI=1S/C24H14F8N6O/c25-17-3-1-2-12(21(17)26)8-33-22-35-19-9-34-38(11-20(19)36-22)10-14-7-18(37-39-14)15-5-4-13(23(27,28)29)6-16(15)24(30,31)32/h1-7,9,11H,8,10H2,(H,33,36). The maximum Gasteiger partial charge on any atom is 0.417 e. The fourth-order valence-corrected chi connectivity index (χ4v) is 3.74. The number of nitrogens with zero attached hydrogens (tertiary/aromatic N) is 5. The van der Waals surface area contributed by atoms with Crippen LogP contribution in [0.5, 0.6) is 0 Å². The van der Waals surface area contributed by atoms with Crippen molar-refractivity contribution in [3.05, 3.63) is 88.9 Å². The van der Waals surface area contributed by atoms with E-state index < -0.39 is 40.7 Å². The van der Waals surface area contributed by atoms with E-state index in [1.54, 1.807) is 0 Å². The molecule has 1 N–H and O–H groups in total. The summed E-state index contributed by atoms with van der Waals surface area (Å²) in [4.78, 5) is 8.43. The number of halogens is 8. The summed E-state index contributed by atoms with van der Waals surface area (Å²) in [6.07, 6.45) is -7.22. The molecule has 39 heavy (non-hydrogen) atoms. The van der Waals surface area contributed by atoms with Gasteiger partial charge < -0.3 is 9.84 Å². The van der Waals surface area contributed by atoms with Crippen LogP contribution in [0, 0.1) is 11.6 Å². The molecule has 0 saturated carbocycles. The first kappa shape index (κ1) is 26.1. The number of anilines is 1. The van der Waals surface area contributed by atoms with Gasteiger partial charge in [-0.15, -0.1) is 0 Å². The van der Waals surface area contributed by atoms with Gasteiger partial charge in [-0.3, -0.25) is 4.68 Å². The summed E-state index contributed by atoms with van der Waals surface area (Å²) < 4.78 is 113. The molecule has 3 heterocycles. The van der Waals surface area contributed by atoms with Gasteiger partial charge in [-0.1, -0.05) is 23.4 Å². The van der Waals surface area contributed by atoms with Crippen LogP contribution in [0.4, 0.5) is 41.1 Å². The van der Waals surface area contributed by atoms with Crippen LogP contribution in [0.1, 0.15) is 22.5 Å². The zero-order valence-corrected chi connectivity index (χ0v) is 19.3. The molecule has 0 aliphatic carbocycles. The SMILES string of the molecule is Fc1cccc(CNc2nc3cnn(Cc4cc(-c5ccc(C(F)(F)F)cc5C(F)(F)F)no4)cc-3n2)c1F. The molecule has 2 aromatic carbocycles. The fraction of sp³-hybridized carbons (Fsp3) is 0.167. The number of nitrogens with one attached hydrogen (secondary N) is 1. The van der Waals surface area contributed by atoms with E-state index in [0.29, 0.717) is 23.5 Å². The molecular weight excluding hydrogens is 540 g/mol. The summed E-state index contributed by atoms with van der Waals surface area (Å²) in [5.74, 6) is -1.80. The molecule has 0 radical (unpaired) electrons. The molecule has 0 amide bonds. The molecule has 202 valence electrons. The topological polar surface area (TPSA) is 81.7 Å². The molecule has 2 aliphatic rings. The number of benzene rings is 2. The third-order valence-corrected chi connectivity index (χ3v) is 5.59. The van der Waals surface area contributed by atoms with Crippen molar-refractivity contribution in [2.24, 2.45) is 0 Å². The molecule has 2 aliphatic heterocycles. The molecule has 0 unspecified atom stereocenters. The molecule has 15 heteroatoms. The van der Waals surface area contributed by atoms with Gasteiger partial charge in [0.1, 0.15) is 23.6 Å². The average molecular weight is 554 g/mol. The van der Waals surface area contributed by atoms with Crippen LogP contribution < -0.4 is 5.32 Å². The van der Waals surface area contributed by atoms with Crippen molar-refractivity contribution in [3.63, 3.8) is 0 Å². The van der Waals surface area contributed by atoms with Gasteiger partial charge in [0.25, 0.3) is 0 Å². The molecule has 1 aromatic heterocycles. The minimum Gasteiger partial charge on any atom is -0.359 e. The molecule has 0 spiro atoms. The Labute approximate surface area is 213 Å². The van der Waals surface area contributed by atoms with Crippen molar-refractivity contribution in [2.75, 3.05) is 5.32 Å². The van der Waals surface area contributed by atoms with Crippen LogP contribution in [0.2, 0.25) is 0 Å². The lowest BCUT2D eigenvalue weighted by atomic mass is 10.0. The molecule has 0 fully saturated rings. The summed E-state index contributed by atoms with van der Waals surface area (Å²) in [7, 11) is 0. The van der Waals surface area contributed by atoms with Gasteiger partial charge in [-0.2, -0.15) is 31.4 Å². The first-order valence-electron chi connectivity index (χ1n) is 11.0. The van der Waals surface area contributed by atoms with Gasteiger partial charge in [-0.25, -0.2) is 18.7 Å². The predicted octanol–water partition coefficient (Wildman–Crippen LogP) is 6.41. The molecule has 3 aromatic rings. The summed E-state index contributed by atoms with van der Waals surface area (Å²) in [5.41, 5.74) is -3.04. The Kier molecular flexibility index (Phi) is 6.44. The lowest BCUT2D eigenvalue weighted by Gasteiger charge is -2.14. The summed E-state index contributed by atoms with van der Waals surface area (Å²) in [6, 6.07) is 6.16. The number of alkyl halides is 6. The van der Waals surface area contributed by atoms with Gasteiger partial charge in [0.05, 0.1) is 23.5 Å². The predicted molar refractivity (Wildman–Crippen MR) is 119 cm³/mol. The maximum absolute atomic E-state index is 13.8. The number of hydrogen-bond acceptors (Lipinski definition) is 6. The third-order valence-electron chi connectivity index (χ3n) is 5.59. The van der Waals surface area contributed by atoms with Gasteiger partial charge in [0, 0.05) is 23.7 Å². The van der Waals surface area contributed by atoms with Crippen molar-refractivity contribution >= 4 is 5.95 Å². The Morgan fingerprint density at radius 2 is 1.64 bits per heavy atom. The van der Waals surface area contributed by atoms with E-state index in [-0.39, 0.29) is 42.1 Å². The van der Waals surface area contributed by atoms with Gasteiger partial charge in [-0.05, 0) is 18.2 Å². The number of aromatic nitrogens is 5. The van der Waals surface area contributed by atoms with E-state index in [2.05, 4.69) is 25.5 Å². The Hall–Kier alpha value is -4.56. The van der Waals surface area contributed by atoms with E-state index in [4.69, 9.17) is 4.52 Å². The van der Waals surface area contributed by atoms with Crippen molar-refractivity contribution in [2.45, 2.75) is 25.4 Å². The summed E-state index contributed by atoms with van der Waals surface area (Å²) in [6.45, 7) is -0.187. The van der Waals surface area contributed by atoms with Crippen molar-refractivity contribution in [3.8, 4) is 22.6 Å². The smallest absolute Gasteiger partial charge is 0.359 e. The third kappa shape index (κ3) is 5.51. The zero-order valence-electron chi connectivity index (χ0n) is 19.3. The minimum atomic E-state index is -5.07. The van der Waals surface area contributed by atoms with Crippen LogP contribution in [0.3, 0.4) is 0 Å². The maximum atomic E-state index is 13.8. The van der Waals surface area contributed by atoms with Crippen LogP contribution in [-0.4, -0.2) is 24.9 Å². The largest absolute Gasteiger partial charge is 0.417 e. The number of fused-ring (bicyclic) bond motifs is 1. The lowest BCUT2D eigenvalue weighted by Crippen LogP contribution is -2.12. The highest BCUT2D eigenvalue weighted by atomic mass is 19.4. The monoisotopic (exact) mass is 554 g/mol. The molecular formula is C24H14F8N6O. The fourth-order valence-electron chi connectivity index (χ4n) is 3.74. The van der Waals surface area contributed by atoms with E-state index in [1.807, 2.05) is 0 Å². The summed E-state index contributed by atoms with van der Waals surface area (Å²) >= 11 is 0. The minimum absolute atomic E-state index is 0.0241. The van der Waals surface area contributed by atoms with E-state index in [1.165, 1.54) is 29.2 Å². The van der Waals surface area contributed by atoms with Crippen molar-refractivity contribution < 1.29 is 39.6 Å². The number of hydrogen-bond donors (Lipinski definition) is 1. The second-order valence-electron chi connectivity index (χ2n) is 8.29. The van der Waals surface area contributed by atoms with Crippen molar-refractivity contribution in [1.29, 1.82) is 0 Å². The molecule has 7 nitrogen and oxygen atoms in total. The Morgan fingerprint density at radius 3 is 2.38 bits per heavy atom. The quantitative estimate of drug-likeness (QED) is 0.245. The highest BCUT2D eigenvalue weighted by Crippen LogP contribution is 2.40. The van der Waals surface area contributed by atoms with Crippen LogP contribution >= 0.6 is 0 Å². The summed E-state index contributed by atoms with van der Waals surface area (Å²) in [5, 5.41) is 10.5. The molecule has 0 bridgehead atoms. The molecule has 0 saturated heterocycles. The first-order chi connectivity index (χ1) is 18.4. The molecule has 5 rings (SSSR count). The van der Waals surface area contributed by atoms with Crippen LogP contribution in [0.15, 0.2) is 59.4 Å². The van der Waals surface area contributed by atoms with E-state index >= 15 is 0 Å². The Bertz CT molecular complexity index is 1610. The van der Waals surface area contributed by atoms with Crippen LogP contribution in [0.25, 0.3) is 22.6 Å². The number of rotatable bonds is 6. The van der Waals surface area contributed by atoms with Gasteiger partial charge >= 0.3 is 12.4 Å². The Morgan fingerprint density at radius 1 is 0.872 bits per heavy atom. The molecule has 0 atom stereocenters. The van der Waals surface area contributed by atoms with Gasteiger partial charge in [0.15, 0.2) is 17.4 Å². The second-order valence-corrected chi connectivity index (χ2v) is 8.29. The van der Waals surface area contributed by atoms with Gasteiger partial charge in [0.2, 0.25) is 5.95 Å². The van der Waals surface area contributed by atoms with Crippen LogP contribution in [-0.2, 0) is 25.4 Å².